The van der Waals surface area contributed by atoms with Crippen molar-refractivity contribution in [3.05, 3.63) is 33.3 Å². The van der Waals surface area contributed by atoms with Crippen LogP contribution in [-0.4, -0.2) is 10.7 Å². The Morgan fingerprint density at radius 3 is 2.79 bits per heavy atom. The summed E-state index contributed by atoms with van der Waals surface area (Å²) in [7, 11) is 0. The van der Waals surface area contributed by atoms with Crippen LogP contribution in [0.2, 0.25) is 5.02 Å². The summed E-state index contributed by atoms with van der Waals surface area (Å²) in [6.45, 7) is 0. The lowest BCUT2D eigenvalue weighted by atomic mass is 10.1. The largest absolute Gasteiger partial charge is 0.369 e. The molecule has 1 unspecified atom stereocenters. The number of hydrogen-bond donors (Lipinski definition) is 1. The molecule has 76 valence electrons. The van der Waals surface area contributed by atoms with Gasteiger partial charge in [0.25, 0.3) is 0 Å². The predicted octanol–water partition coefficient (Wildman–Crippen LogP) is 2.89. The van der Waals surface area contributed by atoms with E-state index in [0.717, 1.165) is 10.0 Å². The van der Waals surface area contributed by atoms with Crippen LogP contribution in [0.4, 0.5) is 0 Å². The highest BCUT2D eigenvalue weighted by Crippen LogP contribution is 2.27. The van der Waals surface area contributed by atoms with Gasteiger partial charge >= 0.3 is 0 Å². The molecule has 2 N–H and O–H groups in total. The van der Waals surface area contributed by atoms with Crippen molar-refractivity contribution >= 4 is 49.4 Å². The molecule has 0 saturated carbocycles. The Bertz CT molecular complexity index is 357. The molecule has 0 radical (unpaired) electrons. The van der Waals surface area contributed by atoms with E-state index in [4.69, 9.17) is 17.3 Å². The summed E-state index contributed by atoms with van der Waals surface area (Å²) in [6, 6.07) is 5.51. The number of carbonyl (C=O) groups is 1. The first-order valence-corrected chi connectivity index (χ1v) is 5.97. The van der Waals surface area contributed by atoms with E-state index in [2.05, 4.69) is 31.9 Å². The van der Waals surface area contributed by atoms with Gasteiger partial charge in [-0.25, -0.2) is 0 Å². The van der Waals surface area contributed by atoms with Crippen LogP contribution in [0.3, 0.4) is 0 Å². The zero-order valence-electron chi connectivity index (χ0n) is 7.14. The highest BCUT2D eigenvalue weighted by molar-refractivity contribution is 9.10. The number of alkyl halides is 1. The van der Waals surface area contributed by atoms with Gasteiger partial charge in [-0.2, -0.15) is 0 Å². The van der Waals surface area contributed by atoms with E-state index in [1.165, 1.54) is 0 Å². The van der Waals surface area contributed by atoms with E-state index in [0.29, 0.717) is 11.4 Å². The van der Waals surface area contributed by atoms with Crippen LogP contribution in [0.1, 0.15) is 5.56 Å². The lowest BCUT2D eigenvalue weighted by molar-refractivity contribution is -0.117. The Morgan fingerprint density at radius 2 is 2.21 bits per heavy atom. The third-order valence-electron chi connectivity index (χ3n) is 1.74. The monoisotopic (exact) mass is 339 g/mol. The Balaban J connectivity index is 2.87. The summed E-state index contributed by atoms with van der Waals surface area (Å²) in [6.07, 6.45) is 0.524. The molecular formula is C9H8Br2ClNO. The van der Waals surface area contributed by atoms with Crippen LogP contribution >= 0.6 is 43.5 Å². The summed E-state index contributed by atoms with van der Waals surface area (Å²) in [4.78, 5) is 10.5. The Morgan fingerprint density at radius 1 is 1.57 bits per heavy atom. The van der Waals surface area contributed by atoms with Gasteiger partial charge in [-0.05, 0) is 34.0 Å². The average molecular weight is 341 g/mol. The molecule has 0 bridgehead atoms. The van der Waals surface area contributed by atoms with E-state index < -0.39 is 0 Å². The summed E-state index contributed by atoms with van der Waals surface area (Å²) in [5, 5.41) is 0.631. The molecule has 0 aromatic heterocycles. The normalized spacial score (nSPS) is 12.5. The van der Waals surface area contributed by atoms with Gasteiger partial charge in [0.1, 0.15) is 0 Å². The Hall–Kier alpha value is -0.0600. The standard InChI is InChI=1S/C9H8Br2ClNO/c10-6(9(13)14)4-5-2-1-3-7(12)8(5)11/h1-3,6H,4H2,(H2,13,14). The summed E-state index contributed by atoms with van der Waals surface area (Å²) in [5.41, 5.74) is 6.09. The number of rotatable bonds is 3. The van der Waals surface area contributed by atoms with E-state index >= 15 is 0 Å². The van der Waals surface area contributed by atoms with Crippen LogP contribution in [-0.2, 0) is 11.2 Å². The number of halogens is 3. The number of hydrogen-bond acceptors (Lipinski definition) is 1. The van der Waals surface area contributed by atoms with Gasteiger partial charge in [-0.1, -0.05) is 39.7 Å². The number of primary amides is 1. The van der Waals surface area contributed by atoms with Crippen molar-refractivity contribution in [2.24, 2.45) is 5.73 Å². The zero-order chi connectivity index (χ0) is 10.7. The van der Waals surface area contributed by atoms with Gasteiger partial charge in [-0.3, -0.25) is 4.79 Å². The fourth-order valence-corrected chi connectivity index (χ4v) is 1.97. The number of benzene rings is 1. The van der Waals surface area contributed by atoms with Gasteiger partial charge < -0.3 is 5.73 Å². The Labute approximate surface area is 104 Å². The fraction of sp³-hybridized carbons (Fsp3) is 0.222. The van der Waals surface area contributed by atoms with Gasteiger partial charge in [0, 0.05) is 4.47 Å². The lowest BCUT2D eigenvalue weighted by Crippen LogP contribution is -2.25. The van der Waals surface area contributed by atoms with Crippen molar-refractivity contribution in [3.63, 3.8) is 0 Å². The molecule has 1 aromatic rings. The minimum absolute atomic E-state index is 0.364. The molecule has 0 heterocycles. The Kier molecular flexibility index (Phi) is 4.41. The summed E-state index contributed by atoms with van der Waals surface area (Å²) >= 11 is 12.5. The first kappa shape index (κ1) is 12.0. The zero-order valence-corrected chi connectivity index (χ0v) is 11.1. The van der Waals surface area contributed by atoms with Crippen molar-refractivity contribution in [3.8, 4) is 0 Å². The second kappa shape index (κ2) is 5.14. The molecule has 1 aromatic carbocycles. The molecular weight excluding hydrogens is 333 g/mol. The van der Waals surface area contributed by atoms with E-state index in [1.807, 2.05) is 12.1 Å². The topological polar surface area (TPSA) is 43.1 Å². The molecule has 2 nitrogen and oxygen atoms in total. The minimum Gasteiger partial charge on any atom is -0.369 e. The molecule has 1 atom stereocenters. The third kappa shape index (κ3) is 2.97. The molecule has 1 amide bonds. The van der Waals surface area contributed by atoms with Crippen molar-refractivity contribution in [2.45, 2.75) is 11.2 Å². The molecule has 0 fully saturated rings. The first-order valence-electron chi connectivity index (χ1n) is 3.88. The van der Waals surface area contributed by atoms with Crippen LogP contribution < -0.4 is 5.73 Å². The molecule has 1 rings (SSSR count). The lowest BCUT2D eigenvalue weighted by Gasteiger charge is -2.08. The number of amides is 1. The molecule has 0 aliphatic heterocycles. The quantitative estimate of drug-likeness (QED) is 0.844. The van der Waals surface area contributed by atoms with Crippen molar-refractivity contribution in [1.29, 1.82) is 0 Å². The molecule has 0 spiro atoms. The van der Waals surface area contributed by atoms with Crippen LogP contribution in [0.15, 0.2) is 22.7 Å². The molecule has 14 heavy (non-hydrogen) atoms. The van der Waals surface area contributed by atoms with E-state index in [1.54, 1.807) is 6.07 Å². The third-order valence-corrected chi connectivity index (χ3v) is 3.99. The fourth-order valence-electron chi connectivity index (χ4n) is 1.000. The summed E-state index contributed by atoms with van der Waals surface area (Å²) < 4.78 is 0.812. The van der Waals surface area contributed by atoms with Crippen molar-refractivity contribution < 1.29 is 4.79 Å². The SMILES string of the molecule is NC(=O)C(Br)Cc1cccc(Cl)c1Br. The molecule has 0 aliphatic rings. The molecule has 0 aliphatic carbocycles. The molecule has 0 saturated heterocycles. The second-order valence-corrected chi connectivity index (χ2v) is 5.09. The van der Waals surface area contributed by atoms with Crippen LogP contribution in [0, 0.1) is 0 Å². The molecule has 5 heteroatoms. The highest BCUT2D eigenvalue weighted by atomic mass is 79.9. The maximum absolute atomic E-state index is 10.8. The van der Waals surface area contributed by atoms with Crippen molar-refractivity contribution in [2.75, 3.05) is 0 Å². The van der Waals surface area contributed by atoms with Crippen molar-refractivity contribution in [1.82, 2.24) is 0 Å². The minimum atomic E-state index is -0.378. The maximum Gasteiger partial charge on any atom is 0.231 e. The van der Waals surface area contributed by atoms with Gasteiger partial charge in [0.2, 0.25) is 5.91 Å². The first-order chi connectivity index (χ1) is 6.52. The number of nitrogens with two attached hydrogens (primary N) is 1. The highest BCUT2D eigenvalue weighted by Gasteiger charge is 2.14. The second-order valence-electron chi connectivity index (χ2n) is 2.79. The average Bonchev–Trinajstić information content (AvgIpc) is 2.12. The van der Waals surface area contributed by atoms with Crippen LogP contribution in [0.5, 0.6) is 0 Å². The smallest absolute Gasteiger partial charge is 0.231 e. The van der Waals surface area contributed by atoms with E-state index in [9.17, 15) is 4.79 Å². The van der Waals surface area contributed by atoms with Gasteiger partial charge in [0.05, 0.1) is 9.85 Å². The van der Waals surface area contributed by atoms with Crippen LogP contribution in [0.25, 0.3) is 0 Å². The number of carbonyl (C=O) groups excluding carboxylic acids is 1. The van der Waals surface area contributed by atoms with E-state index in [-0.39, 0.29) is 10.7 Å². The predicted molar refractivity (Wildman–Crippen MR) is 64.8 cm³/mol. The van der Waals surface area contributed by atoms with Gasteiger partial charge in [0.15, 0.2) is 0 Å². The van der Waals surface area contributed by atoms with Gasteiger partial charge in [-0.15, -0.1) is 0 Å². The summed E-state index contributed by atoms with van der Waals surface area (Å²) in [5.74, 6) is -0.378. The maximum atomic E-state index is 10.8.